The molecule has 0 aliphatic heterocycles. The lowest BCUT2D eigenvalue weighted by Crippen LogP contribution is -2.45. The Morgan fingerprint density at radius 2 is 1.74 bits per heavy atom. The van der Waals surface area contributed by atoms with Gasteiger partial charge in [-0.2, -0.15) is 0 Å². The van der Waals surface area contributed by atoms with E-state index in [0.717, 1.165) is 32.1 Å². The summed E-state index contributed by atoms with van der Waals surface area (Å²) in [5, 5.41) is 9.93. The predicted molar refractivity (Wildman–Crippen MR) is 101 cm³/mol. The highest BCUT2D eigenvalue weighted by Crippen LogP contribution is 2.39. The van der Waals surface area contributed by atoms with Crippen LogP contribution in [0.15, 0.2) is 0 Å². The maximum atomic E-state index is 12.6. The van der Waals surface area contributed by atoms with Crippen molar-refractivity contribution in [1.29, 1.82) is 0 Å². The number of ether oxygens (including phenoxy) is 2. The van der Waals surface area contributed by atoms with Gasteiger partial charge in [-0.05, 0) is 52.9 Å². The Kier molecular flexibility index (Phi) is 8.72. The molecule has 0 spiro atoms. The van der Waals surface area contributed by atoms with E-state index in [1.54, 1.807) is 27.7 Å². The van der Waals surface area contributed by atoms with Gasteiger partial charge in [0.05, 0.1) is 6.61 Å². The molecule has 0 aromatic heterocycles. The number of rotatable bonds is 9. The standard InChI is InChI=1S/C20H35NO6/c1-5-26-18(25)20(17(23)24,13-14-9-7-6-8-10-14)12-11-15(21)16(22)27-19(2,3)4/h14-15H,5-13,21H2,1-4H3,(H,23,24). The molecule has 0 amide bonds. The average Bonchev–Trinajstić information content (AvgIpc) is 2.57. The molecule has 0 aromatic carbocycles. The summed E-state index contributed by atoms with van der Waals surface area (Å²) in [5.74, 6) is -2.37. The van der Waals surface area contributed by atoms with Crippen molar-refractivity contribution in [2.75, 3.05) is 6.61 Å². The van der Waals surface area contributed by atoms with E-state index in [4.69, 9.17) is 15.2 Å². The molecule has 2 unspecified atom stereocenters. The van der Waals surface area contributed by atoms with Crippen molar-refractivity contribution < 1.29 is 29.0 Å². The molecule has 27 heavy (non-hydrogen) atoms. The Hall–Kier alpha value is -1.63. The first-order chi connectivity index (χ1) is 12.5. The molecule has 7 heteroatoms. The molecule has 0 radical (unpaired) electrons. The first-order valence-electron chi connectivity index (χ1n) is 9.91. The Morgan fingerprint density at radius 3 is 2.22 bits per heavy atom. The van der Waals surface area contributed by atoms with Crippen LogP contribution in [-0.4, -0.2) is 41.3 Å². The third-order valence-electron chi connectivity index (χ3n) is 5.03. The number of nitrogens with two attached hydrogens (primary N) is 1. The maximum Gasteiger partial charge on any atom is 0.323 e. The van der Waals surface area contributed by atoms with Crippen LogP contribution >= 0.6 is 0 Å². The minimum absolute atomic E-state index is 0.0436. The summed E-state index contributed by atoms with van der Waals surface area (Å²) in [6, 6.07) is -0.983. The molecule has 7 nitrogen and oxygen atoms in total. The second-order valence-electron chi connectivity index (χ2n) is 8.49. The van der Waals surface area contributed by atoms with Crippen LogP contribution in [0.4, 0.5) is 0 Å². The lowest BCUT2D eigenvalue weighted by atomic mass is 9.71. The van der Waals surface area contributed by atoms with E-state index in [1.807, 2.05) is 0 Å². The van der Waals surface area contributed by atoms with Gasteiger partial charge in [0.1, 0.15) is 11.6 Å². The zero-order chi connectivity index (χ0) is 20.7. The van der Waals surface area contributed by atoms with Crippen molar-refractivity contribution in [3.63, 3.8) is 0 Å². The van der Waals surface area contributed by atoms with Crippen molar-refractivity contribution in [3.05, 3.63) is 0 Å². The highest BCUT2D eigenvalue weighted by molar-refractivity contribution is 5.99. The number of esters is 2. The maximum absolute atomic E-state index is 12.6. The number of carboxylic acid groups (broad SMARTS) is 1. The van der Waals surface area contributed by atoms with Gasteiger partial charge in [-0.3, -0.25) is 14.4 Å². The fourth-order valence-corrected chi connectivity index (χ4v) is 3.62. The van der Waals surface area contributed by atoms with E-state index >= 15 is 0 Å². The number of carboxylic acids is 1. The fourth-order valence-electron chi connectivity index (χ4n) is 3.62. The Labute approximate surface area is 162 Å². The van der Waals surface area contributed by atoms with Crippen molar-refractivity contribution in [2.45, 2.75) is 90.7 Å². The summed E-state index contributed by atoms with van der Waals surface area (Å²) in [6.45, 7) is 6.97. The summed E-state index contributed by atoms with van der Waals surface area (Å²) in [7, 11) is 0. The highest BCUT2D eigenvalue weighted by atomic mass is 16.6. The lowest BCUT2D eigenvalue weighted by Gasteiger charge is -2.33. The summed E-state index contributed by atoms with van der Waals surface area (Å²) in [5.41, 5.74) is 3.57. The topological polar surface area (TPSA) is 116 Å². The van der Waals surface area contributed by atoms with E-state index < -0.39 is 35.0 Å². The van der Waals surface area contributed by atoms with Gasteiger partial charge in [0, 0.05) is 0 Å². The van der Waals surface area contributed by atoms with Crippen molar-refractivity contribution in [3.8, 4) is 0 Å². The van der Waals surface area contributed by atoms with Crippen LogP contribution in [0.25, 0.3) is 0 Å². The van der Waals surface area contributed by atoms with E-state index in [9.17, 15) is 19.5 Å². The molecular weight excluding hydrogens is 350 g/mol. The largest absolute Gasteiger partial charge is 0.480 e. The summed E-state index contributed by atoms with van der Waals surface area (Å²) < 4.78 is 10.4. The van der Waals surface area contributed by atoms with Gasteiger partial charge in [0.25, 0.3) is 0 Å². The summed E-state index contributed by atoms with van der Waals surface area (Å²) in [6.07, 6.45) is 5.27. The zero-order valence-electron chi connectivity index (χ0n) is 17.1. The minimum atomic E-state index is -1.67. The Balaban J connectivity index is 2.93. The molecule has 2 atom stereocenters. The van der Waals surface area contributed by atoms with Gasteiger partial charge in [-0.15, -0.1) is 0 Å². The van der Waals surface area contributed by atoms with Crippen LogP contribution in [0.5, 0.6) is 0 Å². The second-order valence-corrected chi connectivity index (χ2v) is 8.49. The zero-order valence-corrected chi connectivity index (χ0v) is 17.1. The number of carbonyl (C=O) groups excluding carboxylic acids is 2. The summed E-state index contributed by atoms with van der Waals surface area (Å²) in [4.78, 5) is 36.9. The normalized spacial score (nSPS) is 19.0. The SMILES string of the molecule is CCOC(=O)C(CCC(N)C(=O)OC(C)(C)C)(CC1CCCCC1)C(=O)O. The molecule has 0 heterocycles. The molecule has 0 bridgehead atoms. The van der Waals surface area contributed by atoms with Gasteiger partial charge >= 0.3 is 17.9 Å². The van der Waals surface area contributed by atoms with Gasteiger partial charge in [0.15, 0.2) is 5.41 Å². The molecule has 0 aromatic rings. The third-order valence-corrected chi connectivity index (χ3v) is 5.03. The molecule has 0 saturated heterocycles. The van der Waals surface area contributed by atoms with E-state index in [1.165, 1.54) is 0 Å². The van der Waals surface area contributed by atoms with Crippen LogP contribution in [-0.2, 0) is 23.9 Å². The van der Waals surface area contributed by atoms with Crippen LogP contribution in [0, 0.1) is 11.3 Å². The number of hydrogen-bond donors (Lipinski definition) is 2. The smallest absolute Gasteiger partial charge is 0.323 e. The summed E-state index contributed by atoms with van der Waals surface area (Å²) >= 11 is 0. The number of carbonyl (C=O) groups is 3. The quantitative estimate of drug-likeness (QED) is 0.463. The molecule has 156 valence electrons. The lowest BCUT2D eigenvalue weighted by molar-refractivity contribution is -0.172. The monoisotopic (exact) mass is 385 g/mol. The Morgan fingerprint density at radius 1 is 1.15 bits per heavy atom. The molecule has 3 N–H and O–H groups in total. The van der Waals surface area contributed by atoms with Crippen molar-refractivity contribution in [1.82, 2.24) is 0 Å². The first kappa shape index (κ1) is 23.4. The van der Waals surface area contributed by atoms with Gasteiger partial charge < -0.3 is 20.3 Å². The Bertz CT molecular complexity index is 521. The third kappa shape index (κ3) is 7.13. The van der Waals surface area contributed by atoms with Gasteiger partial charge in [0.2, 0.25) is 0 Å². The number of hydrogen-bond acceptors (Lipinski definition) is 6. The fraction of sp³-hybridized carbons (Fsp3) is 0.850. The molecule has 1 fully saturated rings. The molecule has 1 aliphatic rings. The van der Waals surface area contributed by atoms with Gasteiger partial charge in [-0.1, -0.05) is 32.1 Å². The van der Waals surface area contributed by atoms with Gasteiger partial charge in [-0.25, -0.2) is 0 Å². The molecular formula is C20H35NO6. The number of aliphatic carboxylic acids is 1. The second kappa shape index (κ2) is 10.1. The van der Waals surface area contributed by atoms with Crippen LogP contribution in [0.2, 0.25) is 0 Å². The van der Waals surface area contributed by atoms with E-state index in [-0.39, 0.29) is 31.8 Å². The average molecular weight is 386 g/mol. The van der Waals surface area contributed by atoms with Crippen LogP contribution in [0.3, 0.4) is 0 Å². The predicted octanol–water partition coefficient (Wildman–Crippen LogP) is 3.04. The molecule has 1 rings (SSSR count). The van der Waals surface area contributed by atoms with Crippen molar-refractivity contribution in [2.24, 2.45) is 17.1 Å². The van der Waals surface area contributed by atoms with Crippen molar-refractivity contribution >= 4 is 17.9 Å². The van der Waals surface area contributed by atoms with Crippen LogP contribution in [0.1, 0.15) is 79.1 Å². The minimum Gasteiger partial charge on any atom is -0.480 e. The van der Waals surface area contributed by atoms with E-state index in [0.29, 0.717) is 0 Å². The first-order valence-corrected chi connectivity index (χ1v) is 9.91. The van der Waals surface area contributed by atoms with Crippen LogP contribution < -0.4 is 5.73 Å². The molecule has 1 saturated carbocycles. The molecule has 1 aliphatic carbocycles. The van der Waals surface area contributed by atoms with E-state index in [2.05, 4.69) is 0 Å². The highest BCUT2D eigenvalue weighted by Gasteiger charge is 2.49.